The molecule has 0 bridgehead atoms. The van der Waals surface area contributed by atoms with Gasteiger partial charge in [0.15, 0.2) is 12.7 Å². The number of benzene rings is 2. The van der Waals surface area contributed by atoms with E-state index >= 15 is 0 Å². The number of ether oxygens (including phenoxy) is 2. The number of rotatable bonds is 5. The molecule has 0 saturated carbocycles. The minimum Gasteiger partial charge on any atom is -0.481 e. The standard InChI is InChI=1S/C17H18BrNO4/c1-11(17(21)19(2)3)23-15(20)10-22-14-9-8-12-6-4-5-7-13(12)16(14)18/h4-9,11H,10H2,1-3H3/t11-/m1/s1. The summed E-state index contributed by atoms with van der Waals surface area (Å²) in [6.07, 6.45) is -0.832. The molecule has 0 aromatic heterocycles. The Balaban J connectivity index is 1.99. The van der Waals surface area contributed by atoms with Gasteiger partial charge in [-0.1, -0.05) is 30.3 Å². The third-order valence-corrected chi connectivity index (χ3v) is 4.09. The number of hydrogen-bond acceptors (Lipinski definition) is 4. The Morgan fingerprint density at radius 1 is 1.17 bits per heavy atom. The number of nitrogens with zero attached hydrogens (tertiary/aromatic N) is 1. The van der Waals surface area contributed by atoms with Crippen molar-refractivity contribution in [3.8, 4) is 5.75 Å². The number of hydrogen-bond donors (Lipinski definition) is 0. The molecule has 0 aliphatic heterocycles. The first-order chi connectivity index (χ1) is 10.9. The molecule has 2 rings (SSSR count). The lowest BCUT2D eigenvalue weighted by Crippen LogP contribution is -2.35. The van der Waals surface area contributed by atoms with Gasteiger partial charge in [-0.05, 0) is 39.7 Å². The summed E-state index contributed by atoms with van der Waals surface area (Å²) in [4.78, 5) is 24.8. The molecule has 122 valence electrons. The second-order valence-corrected chi connectivity index (χ2v) is 6.05. The van der Waals surface area contributed by atoms with E-state index in [4.69, 9.17) is 9.47 Å². The van der Waals surface area contributed by atoms with Crippen molar-refractivity contribution >= 4 is 38.6 Å². The summed E-state index contributed by atoms with van der Waals surface area (Å²) in [5, 5.41) is 2.06. The van der Waals surface area contributed by atoms with Gasteiger partial charge in [-0.15, -0.1) is 0 Å². The third kappa shape index (κ3) is 4.22. The van der Waals surface area contributed by atoms with Crippen molar-refractivity contribution in [1.29, 1.82) is 0 Å². The topological polar surface area (TPSA) is 55.8 Å². The highest BCUT2D eigenvalue weighted by molar-refractivity contribution is 9.10. The number of carbonyl (C=O) groups excluding carboxylic acids is 2. The first-order valence-corrected chi connectivity index (χ1v) is 7.90. The van der Waals surface area contributed by atoms with Gasteiger partial charge in [0.25, 0.3) is 5.91 Å². The van der Waals surface area contributed by atoms with Crippen LogP contribution in [0.1, 0.15) is 6.92 Å². The fraction of sp³-hybridized carbons (Fsp3) is 0.294. The van der Waals surface area contributed by atoms with E-state index in [9.17, 15) is 9.59 Å². The summed E-state index contributed by atoms with van der Waals surface area (Å²) >= 11 is 3.49. The maximum Gasteiger partial charge on any atom is 0.344 e. The highest BCUT2D eigenvalue weighted by Crippen LogP contribution is 2.32. The molecule has 0 fully saturated rings. The van der Waals surface area contributed by atoms with Gasteiger partial charge in [-0.2, -0.15) is 0 Å². The van der Waals surface area contributed by atoms with Gasteiger partial charge in [0.05, 0.1) is 4.47 Å². The zero-order valence-electron chi connectivity index (χ0n) is 13.2. The molecule has 0 unspecified atom stereocenters. The van der Waals surface area contributed by atoms with Crippen LogP contribution in [0.2, 0.25) is 0 Å². The lowest BCUT2D eigenvalue weighted by atomic mass is 10.1. The average molecular weight is 380 g/mol. The molecular weight excluding hydrogens is 362 g/mol. The van der Waals surface area contributed by atoms with Crippen molar-refractivity contribution in [1.82, 2.24) is 4.90 Å². The minimum atomic E-state index is -0.832. The van der Waals surface area contributed by atoms with Crippen molar-refractivity contribution in [3.63, 3.8) is 0 Å². The van der Waals surface area contributed by atoms with E-state index in [1.807, 2.05) is 30.3 Å². The van der Waals surface area contributed by atoms with E-state index in [1.165, 1.54) is 11.8 Å². The normalized spacial score (nSPS) is 11.8. The van der Waals surface area contributed by atoms with Gasteiger partial charge in [0.1, 0.15) is 5.75 Å². The van der Waals surface area contributed by atoms with Crippen LogP contribution in [0, 0.1) is 0 Å². The fourth-order valence-electron chi connectivity index (χ4n) is 2.11. The van der Waals surface area contributed by atoms with Crippen molar-refractivity contribution < 1.29 is 19.1 Å². The Labute approximate surface area is 143 Å². The molecule has 0 saturated heterocycles. The van der Waals surface area contributed by atoms with Crippen LogP contribution in [0.4, 0.5) is 0 Å². The van der Waals surface area contributed by atoms with Gasteiger partial charge >= 0.3 is 5.97 Å². The predicted octanol–water partition coefficient (Wildman–Crippen LogP) is 3.00. The first kappa shape index (κ1) is 17.3. The molecule has 1 atom stereocenters. The summed E-state index contributed by atoms with van der Waals surface area (Å²) in [5.41, 5.74) is 0. The van der Waals surface area contributed by atoms with Crippen LogP contribution in [0.5, 0.6) is 5.75 Å². The van der Waals surface area contributed by atoms with Gasteiger partial charge < -0.3 is 14.4 Å². The molecule has 0 radical (unpaired) electrons. The monoisotopic (exact) mass is 379 g/mol. The summed E-state index contributed by atoms with van der Waals surface area (Å²) in [5.74, 6) is -0.315. The summed E-state index contributed by atoms with van der Waals surface area (Å²) in [6, 6.07) is 11.5. The van der Waals surface area contributed by atoms with E-state index in [-0.39, 0.29) is 12.5 Å². The second-order valence-electron chi connectivity index (χ2n) is 5.25. The number of esters is 1. The molecule has 2 aromatic carbocycles. The number of likely N-dealkylation sites (N-methyl/N-ethyl adjacent to an activating group) is 1. The lowest BCUT2D eigenvalue weighted by Gasteiger charge is -2.17. The molecule has 23 heavy (non-hydrogen) atoms. The van der Waals surface area contributed by atoms with Crippen molar-refractivity contribution in [2.75, 3.05) is 20.7 Å². The molecule has 0 aliphatic rings. The molecule has 6 heteroatoms. The minimum absolute atomic E-state index is 0.262. The van der Waals surface area contributed by atoms with Gasteiger partial charge in [0, 0.05) is 14.1 Å². The molecule has 0 N–H and O–H groups in total. The zero-order valence-corrected chi connectivity index (χ0v) is 14.8. The Bertz CT molecular complexity index is 730. The Hall–Kier alpha value is -2.08. The first-order valence-electron chi connectivity index (χ1n) is 7.11. The number of halogens is 1. The molecule has 2 aromatic rings. The van der Waals surface area contributed by atoms with Crippen LogP contribution < -0.4 is 4.74 Å². The molecular formula is C17H18BrNO4. The molecule has 0 spiro atoms. The average Bonchev–Trinajstić information content (AvgIpc) is 2.53. The Kier molecular flexibility index (Phi) is 5.60. The maximum absolute atomic E-state index is 11.8. The quantitative estimate of drug-likeness (QED) is 0.749. The van der Waals surface area contributed by atoms with Crippen LogP contribution in [-0.4, -0.2) is 43.6 Å². The van der Waals surface area contributed by atoms with E-state index in [2.05, 4.69) is 15.9 Å². The van der Waals surface area contributed by atoms with Gasteiger partial charge in [-0.3, -0.25) is 4.79 Å². The summed E-state index contributed by atoms with van der Waals surface area (Å²) < 4.78 is 11.3. The van der Waals surface area contributed by atoms with E-state index in [0.717, 1.165) is 15.2 Å². The van der Waals surface area contributed by atoms with Gasteiger partial charge in [0.2, 0.25) is 0 Å². The van der Waals surface area contributed by atoms with Crippen LogP contribution in [0.3, 0.4) is 0 Å². The number of carbonyl (C=O) groups is 2. The Morgan fingerprint density at radius 2 is 1.87 bits per heavy atom. The molecule has 0 heterocycles. The highest BCUT2D eigenvalue weighted by Gasteiger charge is 2.19. The largest absolute Gasteiger partial charge is 0.481 e. The lowest BCUT2D eigenvalue weighted by molar-refractivity contribution is -0.159. The van der Waals surface area contributed by atoms with Crippen molar-refractivity contribution in [2.24, 2.45) is 0 Å². The summed E-state index contributed by atoms with van der Waals surface area (Å²) in [7, 11) is 3.21. The Morgan fingerprint density at radius 3 is 2.57 bits per heavy atom. The maximum atomic E-state index is 11.8. The van der Waals surface area contributed by atoms with Crippen LogP contribution in [0.15, 0.2) is 40.9 Å². The highest BCUT2D eigenvalue weighted by atomic mass is 79.9. The third-order valence-electron chi connectivity index (χ3n) is 3.27. The van der Waals surface area contributed by atoms with Crippen molar-refractivity contribution in [3.05, 3.63) is 40.9 Å². The van der Waals surface area contributed by atoms with Crippen LogP contribution in [0.25, 0.3) is 10.8 Å². The van der Waals surface area contributed by atoms with E-state index in [0.29, 0.717) is 5.75 Å². The fourth-order valence-corrected chi connectivity index (χ4v) is 2.71. The van der Waals surface area contributed by atoms with Crippen molar-refractivity contribution in [2.45, 2.75) is 13.0 Å². The predicted molar refractivity (Wildman–Crippen MR) is 91.4 cm³/mol. The summed E-state index contributed by atoms with van der Waals surface area (Å²) in [6.45, 7) is 1.27. The van der Waals surface area contributed by atoms with E-state index < -0.39 is 12.1 Å². The zero-order chi connectivity index (χ0) is 17.0. The van der Waals surface area contributed by atoms with Gasteiger partial charge in [-0.25, -0.2) is 4.79 Å². The SMILES string of the molecule is C[C@@H](OC(=O)COc1ccc2ccccc2c1Br)C(=O)N(C)C. The molecule has 5 nitrogen and oxygen atoms in total. The van der Waals surface area contributed by atoms with Crippen LogP contribution >= 0.6 is 15.9 Å². The number of fused-ring (bicyclic) bond motifs is 1. The van der Waals surface area contributed by atoms with Crippen LogP contribution in [-0.2, 0) is 14.3 Å². The molecule has 1 amide bonds. The van der Waals surface area contributed by atoms with E-state index in [1.54, 1.807) is 20.2 Å². The number of amides is 1. The second kappa shape index (κ2) is 7.46. The smallest absolute Gasteiger partial charge is 0.344 e. The molecule has 0 aliphatic carbocycles.